The first-order valence-electron chi connectivity index (χ1n) is 19.7. The first-order valence-corrected chi connectivity index (χ1v) is 19.7. The van der Waals surface area contributed by atoms with Crippen molar-refractivity contribution >= 4 is 34.3 Å². The average Bonchev–Trinajstić information content (AvgIpc) is 3.13. The molecule has 5 rings (SSSR count). The zero-order chi connectivity index (χ0) is 40.7. The second kappa shape index (κ2) is 14.3. The summed E-state index contributed by atoms with van der Waals surface area (Å²) in [6.07, 6.45) is 0. The van der Waals surface area contributed by atoms with Crippen molar-refractivity contribution in [3.05, 3.63) is 123 Å². The predicted molar refractivity (Wildman–Crippen MR) is 236 cm³/mol. The lowest BCUT2D eigenvalue weighted by Crippen LogP contribution is -2.24. The van der Waals surface area contributed by atoms with Crippen LogP contribution in [0.5, 0.6) is 0 Å². The Balaban J connectivity index is 2.03. The molecule has 0 saturated heterocycles. The van der Waals surface area contributed by atoms with Crippen molar-refractivity contribution < 1.29 is 0 Å². The van der Waals surface area contributed by atoms with Crippen LogP contribution in [0.1, 0.15) is 123 Å². The summed E-state index contributed by atoms with van der Waals surface area (Å²) < 4.78 is 0. The quantitative estimate of drug-likeness (QED) is 0.175. The number of nitrogens with zero attached hydrogens (tertiary/aromatic N) is 4. The van der Waals surface area contributed by atoms with Crippen molar-refractivity contribution in [1.29, 1.82) is 0 Å². The molecule has 0 atom stereocenters. The summed E-state index contributed by atoms with van der Waals surface area (Å²) >= 11 is 0. The third kappa shape index (κ3) is 5.96. The highest BCUT2D eigenvalue weighted by atomic mass is 15.2. The molecular weight excluding hydrogens is 657 g/mol. The lowest BCUT2D eigenvalue weighted by atomic mass is 9.87. The van der Waals surface area contributed by atoms with Gasteiger partial charge in [0.1, 0.15) is 5.82 Å². The Hall–Kier alpha value is -4.44. The molecule has 2 heterocycles. The molecule has 0 amide bonds. The van der Waals surface area contributed by atoms with Gasteiger partial charge in [-0.05, 0) is 258 Å². The molecule has 2 aromatic heterocycles. The Labute approximate surface area is 328 Å². The van der Waals surface area contributed by atoms with Crippen LogP contribution >= 0.6 is 0 Å². The molecule has 0 spiro atoms. The Morgan fingerprint density at radius 2 is 0.444 bits per heavy atom. The molecule has 0 fully saturated rings. The van der Waals surface area contributed by atoms with Crippen molar-refractivity contribution in [2.45, 2.75) is 152 Å². The van der Waals surface area contributed by atoms with Gasteiger partial charge in [0.2, 0.25) is 0 Å². The van der Waals surface area contributed by atoms with Gasteiger partial charge in [-0.1, -0.05) is 0 Å². The lowest BCUT2D eigenvalue weighted by molar-refractivity contribution is 0.997. The molecule has 0 saturated carbocycles. The zero-order valence-electron chi connectivity index (χ0n) is 37.8. The van der Waals surface area contributed by atoms with Gasteiger partial charge in [0.05, 0.1) is 34.1 Å². The molecule has 0 aliphatic heterocycles. The highest BCUT2D eigenvalue weighted by Gasteiger charge is 2.33. The summed E-state index contributed by atoms with van der Waals surface area (Å²) in [5.41, 5.74) is 34.1. The van der Waals surface area contributed by atoms with Crippen molar-refractivity contribution in [3.8, 4) is 0 Å². The molecule has 0 radical (unpaired) electrons. The fourth-order valence-corrected chi connectivity index (χ4v) is 8.94. The van der Waals surface area contributed by atoms with Crippen LogP contribution in [0.15, 0.2) is 0 Å². The van der Waals surface area contributed by atoms with Crippen LogP contribution in [0, 0.1) is 152 Å². The number of rotatable bonds is 6. The molecule has 286 valence electrons. The van der Waals surface area contributed by atoms with E-state index in [2.05, 4.69) is 162 Å². The average molecular weight is 723 g/mol. The molecule has 5 aromatic rings. The summed E-state index contributed by atoms with van der Waals surface area (Å²) in [7, 11) is 0. The van der Waals surface area contributed by atoms with Crippen molar-refractivity contribution in [1.82, 2.24) is 9.97 Å². The van der Waals surface area contributed by atoms with Gasteiger partial charge in [0.15, 0.2) is 0 Å². The second-order valence-electron chi connectivity index (χ2n) is 16.6. The maximum absolute atomic E-state index is 5.40. The Morgan fingerprint density at radius 1 is 0.204 bits per heavy atom. The van der Waals surface area contributed by atoms with E-state index in [1.165, 1.54) is 128 Å². The zero-order valence-corrected chi connectivity index (χ0v) is 37.8. The van der Waals surface area contributed by atoms with Gasteiger partial charge in [0, 0.05) is 11.4 Å². The van der Waals surface area contributed by atoms with E-state index in [-0.39, 0.29) is 0 Å². The third-order valence-electron chi connectivity index (χ3n) is 14.2. The van der Waals surface area contributed by atoms with E-state index in [0.29, 0.717) is 0 Å². The number of hydrogen-bond acceptors (Lipinski definition) is 4. The van der Waals surface area contributed by atoms with Gasteiger partial charge in [0.25, 0.3) is 0 Å². The van der Waals surface area contributed by atoms with Gasteiger partial charge in [-0.3, -0.25) is 9.88 Å². The summed E-state index contributed by atoms with van der Waals surface area (Å²) in [4.78, 5) is 15.7. The van der Waals surface area contributed by atoms with Crippen LogP contribution in [-0.2, 0) is 0 Å². The first-order chi connectivity index (χ1) is 25.0. The Kier molecular flexibility index (Phi) is 10.8. The maximum Gasteiger partial charge on any atom is 0.141 e. The fraction of sp³-hybridized carbons (Fsp3) is 0.440. The van der Waals surface area contributed by atoms with Crippen LogP contribution in [-0.4, -0.2) is 9.97 Å². The summed E-state index contributed by atoms with van der Waals surface area (Å²) in [5.74, 6) is 0.981. The number of pyridine rings is 2. The number of hydrogen-bond donors (Lipinski definition) is 0. The molecular formula is C50H66N4. The number of aryl methyl sites for hydroxylation is 3. The summed E-state index contributed by atoms with van der Waals surface area (Å²) in [6, 6.07) is 0. The normalized spacial score (nSPS) is 11.5. The van der Waals surface area contributed by atoms with E-state index < -0.39 is 0 Å². The molecule has 4 nitrogen and oxygen atoms in total. The molecule has 0 N–H and O–H groups in total. The highest BCUT2D eigenvalue weighted by Crippen LogP contribution is 2.53. The van der Waals surface area contributed by atoms with Crippen LogP contribution < -0.4 is 9.80 Å². The van der Waals surface area contributed by atoms with Gasteiger partial charge < -0.3 is 4.90 Å². The second-order valence-corrected chi connectivity index (χ2v) is 16.6. The van der Waals surface area contributed by atoms with Crippen molar-refractivity contribution in [3.63, 3.8) is 0 Å². The predicted octanol–water partition coefficient (Wildman–Crippen LogP) is 14.2. The minimum absolute atomic E-state index is 0.981. The van der Waals surface area contributed by atoms with Crippen LogP contribution in [0.2, 0.25) is 0 Å². The minimum Gasteiger partial charge on any atom is -0.309 e. The Bertz CT molecular complexity index is 2250. The monoisotopic (exact) mass is 723 g/mol. The number of benzene rings is 3. The number of anilines is 6. The van der Waals surface area contributed by atoms with E-state index in [4.69, 9.17) is 9.97 Å². The maximum atomic E-state index is 5.40. The molecule has 0 unspecified atom stereocenters. The van der Waals surface area contributed by atoms with Gasteiger partial charge in [-0.15, -0.1) is 0 Å². The first kappa shape index (κ1) is 40.7. The minimum atomic E-state index is 0.981. The summed E-state index contributed by atoms with van der Waals surface area (Å²) in [6.45, 7) is 49.9. The van der Waals surface area contributed by atoms with E-state index >= 15 is 0 Å². The SMILES string of the molecule is Cc1nc(N(c2c(C)nc(C)c(C)c2C)c2c(C)c(C)c(N(c3c(C)c(C)c(C)c(C)c3C)c3c(C)c(C)c(C)c(C)c3C)c(C)c2C)c(C)c(C)c1C. The molecule has 0 aliphatic rings. The van der Waals surface area contributed by atoms with E-state index in [1.807, 2.05) is 0 Å². The standard InChI is InChI=1S/C50H66N4/c1-23-25(3)32(10)45(33(11)26(23)4)53(46-34(12)27(5)24(2)28(6)35(46)13)47-37(15)39(17)48(40(18)38(47)16)54(49-36(14)31(9)42(20)51-44(49)22)50-41(19)29(7)30(8)43(21)52-50/h1-22H3. The van der Waals surface area contributed by atoms with Crippen LogP contribution in [0.4, 0.5) is 34.3 Å². The highest BCUT2D eigenvalue weighted by molar-refractivity contribution is 5.93. The van der Waals surface area contributed by atoms with E-state index in [0.717, 1.165) is 28.6 Å². The topological polar surface area (TPSA) is 32.3 Å². The van der Waals surface area contributed by atoms with Crippen LogP contribution in [0.3, 0.4) is 0 Å². The van der Waals surface area contributed by atoms with Gasteiger partial charge in [-0.25, -0.2) is 4.98 Å². The molecule has 3 aromatic carbocycles. The smallest absolute Gasteiger partial charge is 0.141 e. The van der Waals surface area contributed by atoms with E-state index in [9.17, 15) is 0 Å². The summed E-state index contributed by atoms with van der Waals surface area (Å²) in [5, 5.41) is 0. The molecule has 4 heteroatoms. The number of aromatic nitrogens is 2. The fourth-order valence-electron chi connectivity index (χ4n) is 8.94. The van der Waals surface area contributed by atoms with Gasteiger partial charge in [-0.2, -0.15) is 0 Å². The lowest BCUT2D eigenvalue weighted by Gasteiger charge is -2.39. The van der Waals surface area contributed by atoms with Crippen LogP contribution in [0.25, 0.3) is 0 Å². The van der Waals surface area contributed by atoms with Gasteiger partial charge >= 0.3 is 0 Å². The van der Waals surface area contributed by atoms with Crippen molar-refractivity contribution in [2.75, 3.05) is 9.80 Å². The molecule has 0 aliphatic carbocycles. The third-order valence-corrected chi connectivity index (χ3v) is 14.2. The Morgan fingerprint density at radius 3 is 0.815 bits per heavy atom. The molecule has 0 bridgehead atoms. The largest absolute Gasteiger partial charge is 0.309 e. The van der Waals surface area contributed by atoms with E-state index in [1.54, 1.807) is 0 Å². The van der Waals surface area contributed by atoms with Crippen molar-refractivity contribution in [2.24, 2.45) is 0 Å². The molecule has 54 heavy (non-hydrogen) atoms.